The number of hydrogen-bond donors (Lipinski definition) is 2. The number of carbonyl (C=O) groups excluding carboxylic acids is 1. The number of aryl methyl sites for hydroxylation is 1. The molecule has 186 valence electrons. The number of carbonyl (C=O) groups is 1. The number of aromatic nitrogens is 1. The maximum Gasteiger partial charge on any atom is 0.262 e. The van der Waals surface area contributed by atoms with Gasteiger partial charge < -0.3 is 24.8 Å². The molecule has 5 rings (SSSR count). The van der Waals surface area contributed by atoms with E-state index >= 15 is 4.39 Å². The smallest absolute Gasteiger partial charge is 0.262 e. The molecule has 8 heteroatoms. The Kier molecular flexibility index (Phi) is 6.90. The number of morpholine rings is 1. The van der Waals surface area contributed by atoms with Crippen LogP contribution in [0.3, 0.4) is 0 Å². The van der Waals surface area contributed by atoms with Crippen LogP contribution in [-0.2, 0) is 9.53 Å². The van der Waals surface area contributed by atoms with Crippen LogP contribution in [0.15, 0.2) is 47.6 Å². The Morgan fingerprint density at radius 1 is 1.26 bits per heavy atom. The van der Waals surface area contributed by atoms with E-state index in [4.69, 9.17) is 14.2 Å². The fourth-order valence-electron chi connectivity index (χ4n) is 4.99. The van der Waals surface area contributed by atoms with Gasteiger partial charge in [0.1, 0.15) is 30.0 Å². The molecule has 2 unspecified atom stereocenters. The van der Waals surface area contributed by atoms with Gasteiger partial charge in [-0.1, -0.05) is 13.3 Å². The number of pyridine rings is 1. The van der Waals surface area contributed by atoms with Gasteiger partial charge in [-0.15, -0.1) is 0 Å². The molecule has 2 aromatic rings. The molecule has 0 radical (unpaired) electrons. The van der Waals surface area contributed by atoms with Crippen LogP contribution in [0.4, 0.5) is 4.39 Å². The summed E-state index contributed by atoms with van der Waals surface area (Å²) in [6.45, 7) is 6.04. The molecule has 1 fully saturated rings. The van der Waals surface area contributed by atoms with Gasteiger partial charge in [-0.2, -0.15) is 0 Å². The molecular weight excluding hydrogens is 449 g/mol. The number of nitrogens with one attached hydrogen (secondary N) is 2. The molecule has 0 saturated carbocycles. The number of ether oxygens (including phenoxy) is 3. The van der Waals surface area contributed by atoms with Crippen LogP contribution in [0.2, 0.25) is 0 Å². The van der Waals surface area contributed by atoms with Gasteiger partial charge in [-0.3, -0.25) is 9.78 Å². The highest BCUT2D eigenvalue weighted by Crippen LogP contribution is 2.39. The molecule has 1 saturated heterocycles. The van der Waals surface area contributed by atoms with Crippen LogP contribution >= 0.6 is 0 Å². The molecule has 0 spiro atoms. The van der Waals surface area contributed by atoms with Crippen molar-refractivity contribution in [2.45, 2.75) is 45.6 Å². The predicted molar refractivity (Wildman–Crippen MR) is 131 cm³/mol. The van der Waals surface area contributed by atoms with E-state index < -0.39 is 0 Å². The highest BCUT2D eigenvalue weighted by Gasteiger charge is 2.31. The molecule has 7 nitrogen and oxygen atoms in total. The van der Waals surface area contributed by atoms with E-state index in [2.05, 4.69) is 22.5 Å². The SMILES string of the molecule is CCC(CCNC[C@H]1COc2ccc3nc(C)ccc3c2O1)CC1CC=C2OCC(=O)NC2=C1F. The Hall–Kier alpha value is -3.13. The normalized spacial score (nSPS) is 22.3. The summed E-state index contributed by atoms with van der Waals surface area (Å²) in [5, 5.41) is 7.08. The van der Waals surface area contributed by atoms with Crippen LogP contribution in [-0.4, -0.2) is 43.3 Å². The number of hydrogen-bond acceptors (Lipinski definition) is 6. The van der Waals surface area contributed by atoms with E-state index in [0.29, 0.717) is 31.2 Å². The van der Waals surface area contributed by atoms with Gasteiger partial charge in [0.2, 0.25) is 0 Å². The summed E-state index contributed by atoms with van der Waals surface area (Å²) in [6, 6.07) is 7.90. The summed E-state index contributed by atoms with van der Waals surface area (Å²) in [7, 11) is 0. The predicted octanol–water partition coefficient (Wildman–Crippen LogP) is 4.31. The van der Waals surface area contributed by atoms with Crippen molar-refractivity contribution in [1.82, 2.24) is 15.6 Å². The van der Waals surface area contributed by atoms with Crippen LogP contribution in [0, 0.1) is 18.8 Å². The quantitative estimate of drug-likeness (QED) is 0.547. The van der Waals surface area contributed by atoms with Gasteiger partial charge in [-0.05, 0) is 69.0 Å². The highest BCUT2D eigenvalue weighted by molar-refractivity contribution is 5.88. The molecular formula is C27H32FN3O4. The molecule has 1 aromatic heterocycles. The van der Waals surface area contributed by atoms with Gasteiger partial charge in [-0.25, -0.2) is 4.39 Å². The average Bonchev–Trinajstić information content (AvgIpc) is 2.87. The van der Waals surface area contributed by atoms with Crippen molar-refractivity contribution in [3.8, 4) is 11.5 Å². The topological polar surface area (TPSA) is 81.7 Å². The standard InChI is InChI=1S/C27H32FN3O4/c1-3-17(12-18-5-8-22-26(25(18)28)31-24(32)15-34-22)10-11-29-13-19-14-33-23-9-7-21-20(27(23)35-19)6-4-16(2)30-21/h4,6-9,17-19,29H,3,5,10-15H2,1-2H3,(H,31,32)/t17?,18?,19-/m0/s1. The minimum atomic E-state index is -0.305. The van der Waals surface area contributed by atoms with Crippen molar-refractivity contribution < 1.29 is 23.4 Å². The van der Waals surface area contributed by atoms with Crippen molar-refractivity contribution >= 4 is 16.8 Å². The minimum Gasteiger partial charge on any atom is -0.486 e. The molecule has 2 aliphatic heterocycles. The van der Waals surface area contributed by atoms with Crippen LogP contribution in [0.1, 0.15) is 38.3 Å². The van der Waals surface area contributed by atoms with Crippen LogP contribution < -0.4 is 20.1 Å². The van der Waals surface area contributed by atoms with Crippen molar-refractivity contribution in [2.75, 3.05) is 26.3 Å². The lowest BCUT2D eigenvalue weighted by Gasteiger charge is -2.30. The number of allylic oxidation sites excluding steroid dienone is 2. The second-order valence-electron chi connectivity index (χ2n) is 9.53. The fraction of sp³-hybridized carbons (Fsp3) is 0.481. The zero-order valence-corrected chi connectivity index (χ0v) is 20.2. The van der Waals surface area contributed by atoms with Crippen molar-refractivity contribution in [2.24, 2.45) is 11.8 Å². The van der Waals surface area contributed by atoms with Crippen LogP contribution in [0.5, 0.6) is 11.5 Å². The van der Waals surface area contributed by atoms with E-state index in [1.165, 1.54) is 0 Å². The summed E-state index contributed by atoms with van der Waals surface area (Å²) in [4.78, 5) is 16.2. The summed E-state index contributed by atoms with van der Waals surface area (Å²) < 4.78 is 32.6. The number of benzene rings is 1. The van der Waals surface area contributed by atoms with Gasteiger partial charge >= 0.3 is 0 Å². The molecule has 2 N–H and O–H groups in total. The third kappa shape index (κ3) is 5.12. The maximum atomic E-state index is 15.0. The third-order valence-electron chi connectivity index (χ3n) is 6.99. The maximum absolute atomic E-state index is 15.0. The number of nitrogens with zero attached hydrogens (tertiary/aromatic N) is 1. The molecule has 35 heavy (non-hydrogen) atoms. The van der Waals surface area contributed by atoms with E-state index in [9.17, 15) is 4.79 Å². The highest BCUT2D eigenvalue weighted by atomic mass is 19.1. The van der Waals surface area contributed by atoms with Crippen molar-refractivity contribution in [1.29, 1.82) is 0 Å². The zero-order chi connectivity index (χ0) is 24.4. The van der Waals surface area contributed by atoms with Gasteiger partial charge in [0.15, 0.2) is 18.1 Å². The first-order chi connectivity index (χ1) is 17.0. The molecule has 3 aliphatic rings. The van der Waals surface area contributed by atoms with E-state index in [0.717, 1.165) is 53.9 Å². The van der Waals surface area contributed by atoms with Crippen molar-refractivity contribution in [3.05, 3.63) is 53.3 Å². The van der Waals surface area contributed by atoms with Gasteiger partial charge in [0, 0.05) is 23.5 Å². The number of rotatable bonds is 8. The fourth-order valence-corrected chi connectivity index (χ4v) is 4.99. The number of fused-ring (bicyclic) bond motifs is 4. The summed E-state index contributed by atoms with van der Waals surface area (Å²) >= 11 is 0. The van der Waals surface area contributed by atoms with E-state index in [1.54, 1.807) is 0 Å². The van der Waals surface area contributed by atoms with E-state index in [-0.39, 0.29) is 36.1 Å². The monoisotopic (exact) mass is 481 g/mol. The first kappa shape index (κ1) is 23.6. The molecule has 1 aliphatic carbocycles. The largest absolute Gasteiger partial charge is 0.486 e. The number of halogens is 1. The summed E-state index contributed by atoms with van der Waals surface area (Å²) in [6.07, 6.45) is 5.04. The molecule has 3 heterocycles. The minimum absolute atomic E-state index is 0.0509. The lowest BCUT2D eigenvalue weighted by Crippen LogP contribution is -2.39. The van der Waals surface area contributed by atoms with Gasteiger partial charge in [0.05, 0.1) is 5.52 Å². The zero-order valence-electron chi connectivity index (χ0n) is 20.2. The van der Waals surface area contributed by atoms with Crippen LogP contribution in [0.25, 0.3) is 10.9 Å². The molecule has 1 amide bonds. The third-order valence-corrected chi connectivity index (χ3v) is 6.99. The lowest BCUT2D eigenvalue weighted by atomic mass is 9.84. The Balaban J connectivity index is 1.12. The first-order valence-corrected chi connectivity index (χ1v) is 12.4. The molecule has 0 bridgehead atoms. The Morgan fingerprint density at radius 3 is 3.00 bits per heavy atom. The summed E-state index contributed by atoms with van der Waals surface area (Å²) in [5.41, 5.74) is 2.09. The van der Waals surface area contributed by atoms with E-state index in [1.807, 2.05) is 37.3 Å². The Bertz CT molecular complexity index is 1180. The number of amides is 1. The molecule has 3 atom stereocenters. The first-order valence-electron chi connectivity index (χ1n) is 12.4. The average molecular weight is 482 g/mol. The second-order valence-corrected chi connectivity index (χ2v) is 9.53. The Morgan fingerprint density at radius 2 is 2.14 bits per heavy atom. The van der Waals surface area contributed by atoms with Crippen molar-refractivity contribution in [3.63, 3.8) is 0 Å². The summed E-state index contributed by atoms with van der Waals surface area (Å²) in [5.74, 6) is 1.56. The van der Waals surface area contributed by atoms with Gasteiger partial charge in [0.25, 0.3) is 5.91 Å². The Labute approximate surface area is 204 Å². The molecule has 1 aromatic carbocycles. The lowest BCUT2D eigenvalue weighted by molar-refractivity contribution is -0.125. The second kappa shape index (κ2) is 10.2.